The number of aliphatic hydroxyl groups excluding tert-OH is 1. The average Bonchev–Trinajstić information content (AvgIpc) is 2.64. The fourth-order valence-corrected chi connectivity index (χ4v) is 2.90. The second kappa shape index (κ2) is 7.77. The van der Waals surface area contributed by atoms with Crippen molar-refractivity contribution in [3.8, 4) is 0 Å². The number of aliphatic hydroxyl groups is 1. The molecule has 1 atom stereocenters. The molecule has 2 heterocycles. The lowest BCUT2D eigenvalue weighted by molar-refractivity contribution is -0.133. The Labute approximate surface area is 161 Å². The number of nitrogens with zero attached hydrogens (tertiary/aromatic N) is 1. The van der Waals surface area contributed by atoms with Gasteiger partial charge in [-0.05, 0) is 38.1 Å². The molecule has 1 aliphatic rings. The van der Waals surface area contributed by atoms with E-state index in [1.54, 1.807) is 44.3 Å². The van der Waals surface area contributed by atoms with Crippen LogP contribution in [0.25, 0.3) is 10.9 Å². The molecule has 0 fully saturated rings. The number of carbonyl (C=O) groups is 3. The molecule has 146 valence electrons. The zero-order valence-electron chi connectivity index (χ0n) is 15.6. The Morgan fingerprint density at radius 3 is 2.82 bits per heavy atom. The van der Waals surface area contributed by atoms with E-state index in [0.29, 0.717) is 5.69 Å². The van der Waals surface area contributed by atoms with Crippen LogP contribution in [0.15, 0.2) is 48.4 Å². The van der Waals surface area contributed by atoms with Crippen molar-refractivity contribution in [1.29, 1.82) is 0 Å². The van der Waals surface area contributed by atoms with Crippen LogP contribution < -0.4 is 10.6 Å². The number of aromatic nitrogens is 1. The van der Waals surface area contributed by atoms with Crippen molar-refractivity contribution in [3.05, 3.63) is 48.4 Å². The quantitative estimate of drug-likeness (QED) is 0.716. The van der Waals surface area contributed by atoms with E-state index in [1.807, 2.05) is 6.07 Å². The predicted octanol–water partition coefficient (Wildman–Crippen LogP) is 1.30. The van der Waals surface area contributed by atoms with Gasteiger partial charge in [0.1, 0.15) is 11.6 Å². The largest absolute Gasteiger partial charge is 0.482 e. The van der Waals surface area contributed by atoms with Crippen LogP contribution in [0.4, 0.5) is 5.69 Å². The molecule has 0 aliphatic carbocycles. The highest BCUT2D eigenvalue weighted by Crippen LogP contribution is 2.24. The summed E-state index contributed by atoms with van der Waals surface area (Å²) in [7, 11) is 0. The first-order valence-electron chi connectivity index (χ1n) is 8.78. The number of nitrogens with one attached hydrogen (secondary N) is 2. The Morgan fingerprint density at radius 2 is 2.11 bits per heavy atom. The van der Waals surface area contributed by atoms with Crippen molar-refractivity contribution in [2.45, 2.75) is 31.9 Å². The van der Waals surface area contributed by atoms with Crippen LogP contribution in [0.3, 0.4) is 0 Å². The molecule has 0 radical (unpaired) electrons. The second-order valence-electron chi connectivity index (χ2n) is 7.12. The monoisotopic (exact) mass is 383 g/mol. The maximum Gasteiger partial charge on any atom is 0.287 e. The van der Waals surface area contributed by atoms with Crippen LogP contribution >= 0.6 is 0 Å². The highest BCUT2D eigenvalue weighted by atomic mass is 16.5. The van der Waals surface area contributed by atoms with Gasteiger partial charge in [-0.2, -0.15) is 0 Å². The van der Waals surface area contributed by atoms with E-state index in [2.05, 4.69) is 15.6 Å². The number of allylic oxidation sites excluding steroid dienone is 1. The van der Waals surface area contributed by atoms with Crippen molar-refractivity contribution in [1.82, 2.24) is 10.3 Å². The Hall–Kier alpha value is -3.26. The molecule has 3 rings (SSSR count). The summed E-state index contributed by atoms with van der Waals surface area (Å²) in [6.45, 7) is 2.77. The molecule has 2 aromatic rings. The first-order chi connectivity index (χ1) is 13.3. The molecule has 0 bridgehead atoms. The van der Waals surface area contributed by atoms with Gasteiger partial charge in [0.2, 0.25) is 5.91 Å². The lowest BCUT2D eigenvalue weighted by Gasteiger charge is -2.30. The van der Waals surface area contributed by atoms with Crippen LogP contribution in [0, 0.1) is 0 Å². The standard InChI is InChI=1S/C20H21N3O5/c1-20(2)10-14(25)9-17(28-20)19(27)23-16(11-24)18(26)22-13-5-6-15-12(8-13)4-3-7-21-15/h3-9,16,24H,10-11H2,1-2H3,(H,22,26)(H,23,27). The topological polar surface area (TPSA) is 118 Å². The number of pyridine rings is 1. The first kappa shape index (κ1) is 19.5. The Balaban J connectivity index is 1.69. The van der Waals surface area contributed by atoms with E-state index in [0.717, 1.165) is 17.0 Å². The lowest BCUT2D eigenvalue weighted by atomic mass is 9.98. The molecule has 0 spiro atoms. The van der Waals surface area contributed by atoms with Crippen molar-refractivity contribution in [2.75, 3.05) is 11.9 Å². The zero-order valence-corrected chi connectivity index (χ0v) is 15.6. The fourth-order valence-electron chi connectivity index (χ4n) is 2.90. The van der Waals surface area contributed by atoms with Gasteiger partial charge in [0, 0.05) is 29.8 Å². The minimum Gasteiger partial charge on any atom is -0.482 e. The zero-order chi connectivity index (χ0) is 20.3. The van der Waals surface area contributed by atoms with Crippen LogP contribution in [0.5, 0.6) is 0 Å². The van der Waals surface area contributed by atoms with Gasteiger partial charge in [-0.25, -0.2) is 0 Å². The van der Waals surface area contributed by atoms with E-state index in [-0.39, 0.29) is 18.0 Å². The van der Waals surface area contributed by atoms with Crippen LogP contribution in [-0.4, -0.2) is 45.9 Å². The van der Waals surface area contributed by atoms with Gasteiger partial charge in [0.25, 0.3) is 5.91 Å². The van der Waals surface area contributed by atoms with Crippen LogP contribution in [0.2, 0.25) is 0 Å². The molecule has 2 amide bonds. The van der Waals surface area contributed by atoms with E-state index < -0.39 is 30.1 Å². The Morgan fingerprint density at radius 1 is 1.32 bits per heavy atom. The van der Waals surface area contributed by atoms with Gasteiger partial charge < -0.3 is 20.5 Å². The van der Waals surface area contributed by atoms with Crippen LogP contribution in [0.1, 0.15) is 20.3 Å². The van der Waals surface area contributed by atoms with Crippen LogP contribution in [-0.2, 0) is 19.1 Å². The third kappa shape index (κ3) is 4.52. The average molecular weight is 383 g/mol. The molecule has 1 aromatic carbocycles. The molecule has 1 aromatic heterocycles. The Bertz CT molecular complexity index is 967. The summed E-state index contributed by atoms with van der Waals surface area (Å²) in [6.07, 6.45) is 2.93. The smallest absolute Gasteiger partial charge is 0.287 e. The number of anilines is 1. The molecule has 28 heavy (non-hydrogen) atoms. The number of ketones is 1. The van der Waals surface area contributed by atoms with Gasteiger partial charge >= 0.3 is 0 Å². The van der Waals surface area contributed by atoms with E-state index >= 15 is 0 Å². The molecule has 8 nitrogen and oxygen atoms in total. The number of benzene rings is 1. The predicted molar refractivity (Wildman–Crippen MR) is 102 cm³/mol. The minimum atomic E-state index is -1.21. The number of hydrogen-bond donors (Lipinski definition) is 3. The van der Waals surface area contributed by atoms with Crippen molar-refractivity contribution in [3.63, 3.8) is 0 Å². The number of hydrogen-bond acceptors (Lipinski definition) is 6. The summed E-state index contributed by atoms with van der Waals surface area (Å²) < 4.78 is 5.51. The molecular formula is C20H21N3O5. The highest BCUT2D eigenvalue weighted by molar-refractivity contribution is 6.04. The molecule has 3 N–H and O–H groups in total. The van der Waals surface area contributed by atoms with Gasteiger partial charge in [0.15, 0.2) is 11.5 Å². The number of ether oxygens (including phenoxy) is 1. The van der Waals surface area contributed by atoms with Gasteiger partial charge in [-0.1, -0.05) is 6.07 Å². The van der Waals surface area contributed by atoms with E-state index in [9.17, 15) is 19.5 Å². The van der Waals surface area contributed by atoms with Crippen molar-refractivity contribution < 1.29 is 24.2 Å². The summed E-state index contributed by atoms with van der Waals surface area (Å²) in [4.78, 5) is 40.8. The normalized spacial score (nSPS) is 16.7. The summed E-state index contributed by atoms with van der Waals surface area (Å²) >= 11 is 0. The maximum atomic E-state index is 12.5. The third-order valence-corrected chi connectivity index (χ3v) is 4.18. The Kier molecular flexibility index (Phi) is 5.41. The van der Waals surface area contributed by atoms with Crippen molar-refractivity contribution in [2.24, 2.45) is 0 Å². The summed E-state index contributed by atoms with van der Waals surface area (Å²) in [5, 5.41) is 15.4. The molecule has 1 unspecified atom stereocenters. The van der Waals surface area contributed by atoms with Gasteiger partial charge in [0.05, 0.1) is 12.1 Å². The highest BCUT2D eigenvalue weighted by Gasteiger charge is 2.33. The number of fused-ring (bicyclic) bond motifs is 1. The molecule has 1 aliphatic heterocycles. The summed E-state index contributed by atoms with van der Waals surface area (Å²) in [6, 6.07) is 7.61. The minimum absolute atomic E-state index is 0.157. The SMILES string of the molecule is CC1(C)CC(=O)C=C(C(=O)NC(CO)C(=O)Nc2ccc3ncccc3c2)O1. The molecular weight excluding hydrogens is 362 g/mol. The molecule has 0 saturated carbocycles. The molecule has 8 heteroatoms. The fraction of sp³-hybridized carbons (Fsp3) is 0.300. The second-order valence-corrected chi connectivity index (χ2v) is 7.12. The van der Waals surface area contributed by atoms with Gasteiger partial charge in [-0.15, -0.1) is 0 Å². The maximum absolute atomic E-state index is 12.5. The number of carbonyl (C=O) groups excluding carboxylic acids is 3. The van der Waals surface area contributed by atoms with Gasteiger partial charge in [-0.3, -0.25) is 19.4 Å². The first-order valence-corrected chi connectivity index (χ1v) is 8.78. The number of amides is 2. The third-order valence-electron chi connectivity index (χ3n) is 4.18. The summed E-state index contributed by atoms with van der Waals surface area (Å²) in [5.41, 5.74) is 0.470. The van der Waals surface area contributed by atoms with E-state index in [4.69, 9.17) is 4.74 Å². The van der Waals surface area contributed by atoms with Crippen molar-refractivity contribution >= 4 is 34.2 Å². The summed E-state index contributed by atoms with van der Waals surface area (Å²) in [5.74, 6) is -1.75. The lowest BCUT2D eigenvalue weighted by Crippen LogP contribution is -2.48. The number of rotatable bonds is 5. The van der Waals surface area contributed by atoms with E-state index in [1.165, 1.54) is 0 Å². The molecule has 0 saturated heterocycles.